The van der Waals surface area contributed by atoms with Crippen LogP contribution in [0.2, 0.25) is 0 Å². The summed E-state index contributed by atoms with van der Waals surface area (Å²) in [6.07, 6.45) is 0. The highest BCUT2D eigenvalue weighted by Gasteiger charge is 2.07. The second-order valence-corrected chi connectivity index (χ2v) is 5.52. The number of nitrogens with zero attached hydrogens (tertiary/aromatic N) is 1. The summed E-state index contributed by atoms with van der Waals surface area (Å²) in [5.74, 6) is 0. The van der Waals surface area contributed by atoms with Crippen LogP contribution in [0.4, 0.5) is 4.79 Å². The monoisotopic (exact) mass is 338 g/mol. The van der Waals surface area contributed by atoms with Crippen molar-refractivity contribution in [3.8, 4) is 0 Å². The van der Waals surface area contributed by atoms with Crippen molar-refractivity contribution in [1.82, 2.24) is 20.2 Å². The summed E-state index contributed by atoms with van der Waals surface area (Å²) in [6, 6.07) is 16.3. The SMILES string of the molecule is O=C(NCCn1c(=O)c(=O)[nH]c2ccccc21)NCc1ccccc1. The summed E-state index contributed by atoms with van der Waals surface area (Å²) in [5.41, 5.74) is 0.895. The van der Waals surface area contributed by atoms with E-state index in [-0.39, 0.29) is 19.1 Å². The molecule has 0 aliphatic carbocycles. The van der Waals surface area contributed by atoms with E-state index in [2.05, 4.69) is 15.6 Å². The Morgan fingerprint density at radius 1 is 0.960 bits per heavy atom. The maximum absolute atomic E-state index is 12.1. The van der Waals surface area contributed by atoms with Crippen LogP contribution in [-0.4, -0.2) is 22.1 Å². The smallest absolute Gasteiger partial charge is 0.316 e. The number of benzene rings is 2. The molecule has 0 aliphatic rings. The zero-order valence-corrected chi connectivity index (χ0v) is 13.5. The van der Waals surface area contributed by atoms with Crippen molar-refractivity contribution in [1.29, 1.82) is 0 Å². The van der Waals surface area contributed by atoms with Crippen molar-refractivity contribution in [2.75, 3.05) is 6.54 Å². The van der Waals surface area contributed by atoms with E-state index in [1.54, 1.807) is 24.3 Å². The van der Waals surface area contributed by atoms with Crippen LogP contribution in [0.15, 0.2) is 64.2 Å². The Balaban J connectivity index is 1.61. The van der Waals surface area contributed by atoms with Crippen LogP contribution in [0, 0.1) is 0 Å². The average molecular weight is 338 g/mol. The van der Waals surface area contributed by atoms with Gasteiger partial charge in [-0.05, 0) is 17.7 Å². The van der Waals surface area contributed by atoms with Crippen molar-refractivity contribution in [3.05, 3.63) is 80.9 Å². The molecule has 0 spiro atoms. The number of H-pyrrole nitrogens is 1. The average Bonchev–Trinajstić information content (AvgIpc) is 2.64. The van der Waals surface area contributed by atoms with Crippen LogP contribution in [0.1, 0.15) is 5.56 Å². The number of amides is 2. The first kappa shape index (κ1) is 16.5. The van der Waals surface area contributed by atoms with E-state index in [4.69, 9.17) is 0 Å². The minimum absolute atomic E-state index is 0.210. The minimum atomic E-state index is -0.674. The molecule has 2 aromatic carbocycles. The number of aromatic amines is 1. The third kappa shape index (κ3) is 3.95. The predicted octanol–water partition coefficient (Wildman–Crippen LogP) is 1.19. The number of rotatable bonds is 5. The Morgan fingerprint density at radius 2 is 1.68 bits per heavy atom. The fourth-order valence-corrected chi connectivity index (χ4v) is 2.57. The van der Waals surface area contributed by atoms with Gasteiger partial charge in [0, 0.05) is 19.6 Å². The van der Waals surface area contributed by atoms with E-state index in [1.165, 1.54) is 4.57 Å². The third-order valence-electron chi connectivity index (χ3n) is 3.80. The summed E-state index contributed by atoms with van der Waals surface area (Å²) < 4.78 is 1.37. The van der Waals surface area contributed by atoms with E-state index in [0.717, 1.165) is 5.56 Å². The van der Waals surface area contributed by atoms with Crippen LogP contribution < -0.4 is 21.8 Å². The van der Waals surface area contributed by atoms with E-state index in [1.807, 2.05) is 30.3 Å². The van der Waals surface area contributed by atoms with Crippen molar-refractivity contribution < 1.29 is 4.79 Å². The molecule has 0 bridgehead atoms. The number of para-hydroxylation sites is 2. The van der Waals surface area contributed by atoms with Gasteiger partial charge in [-0.1, -0.05) is 42.5 Å². The van der Waals surface area contributed by atoms with Gasteiger partial charge in [-0.3, -0.25) is 9.59 Å². The maximum atomic E-state index is 12.1. The van der Waals surface area contributed by atoms with Gasteiger partial charge >= 0.3 is 17.1 Å². The number of aromatic nitrogens is 2. The molecule has 0 saturated heterocycles. The summed E-state index contributed by atoms with van der Waals surface area (Å²) in [6.45, 7) is 0.858. The maximum Gasteiger partial charge on any atom is 0.316 e. The third-order valence-corrected chi connectivity index (χ3v) is 3.80. The molecular formula is C18H18N4O3. The lowest BCUT2D eigenvalue weighted by atomic mass is 10.2. The topological polar surface area (TPSA) is 96.0 Å². The molecule has 0 atom stereocenters. The van der Waals surface area contributed by atoms with Crippen LogP contribution in [0.5, 0.6) is 0 Å². The molecule has 0 aliphatic heterocycles. The Hall–Kier alpha value is -3.35. The molecule has 0 unspecified atom stereocenters. The van der Waals surface area contributed by atoms with Gasteiger partial charge in [0.05, 0.1) is 11.0 Å². The number of urea groups is 1. The lowest BCUT2D eigenvalue weighted by Crippen LogP contribution is -2.41. The number of nitrogens with one attached hydrogen (secondary N) is 3. The number of fused-ring (bicyclic) bond motifs is 1. The highest BCUT2D eigenvalue weighted by Crippen LogP contribution is 2.06. The normalized spacial score (nSPS) is 10.6. The van der Waals surface area contributed by atoms with E-state index in [0.29, 0.717) is 17.6 Å². The van der Waals surface area contributed by atoms with Crippen LogP contribution in [-0.2, 0) is 13.1 Å². The van der Waals surface area contributed by atoms with E-state index < -0.39 is 11.1 Å². The molecule has 7 nitrogen and oxygen atoms in total. The van der Waals surface area contributed by atoms with Gasteiger partial charge < -0.3 is 20.2 Å². The standard InChI is InChI=1S/C18H18N4O3/c23-16-17(24)22(15-9-5-4-8-14(15)21-16)11-10-19-18(25)20-12-13-6-2-1-3-7-13/h1-9H,10-12H2,(H,21,23)(H2,19,20,25). The summed E-state index contributed by atoms with van der Waals surface area (Å²) >= 11 is 0. The zero-order chi connectivity index (χ0) is 17.6. The quantitative estimate of drug-likeness (QED) is 0.610. The molecule has 0 radical (unpaired) electrons. The van der Waals surface area contributed by atoms with Crippen LogP contribution in [0.25, 0.3) is 11.0 Å². The molecule has 7 heteroatoms. The largest absolute Gasteiger partial charge is 0.336 e. The number of carbonyl (C=O) groups excluding carboxylic acids is 1. The summed E-state index contributed by atoms with van der Waals surface area (Å²) in [4.78, 5) is 38.2. The molecule has 1 heterocycles. The fourth-order valence-electron chi connectivity index (χ4n) is 2.57. The highest BCUT2D eigenvalue weighted by atomic mass is 16.2. The van der Waals surface area contributed by atoms with E-state index in [9.17, 15) is 14.4 Å². The lowest BCUT2D eigenvalue weighted by molar-refractivity contribution is 0.240. The molecule has 2 amide bonds. The first-order chi connectivity index (χ1) is 12.1. The van der Waals surface area contributed by atoms with E-state index >= 15 is 0 Å². The Bertz CT molecular complexity index is 992. The molecule has 25 heavy (non-hydrogen) atoms. The van der Waals surface area contributed by atoms with Gasteiger partial charge in [0.25, 0.3) is 0 Å². The molecule has 0 saturated carbocycles. The molecule has 3 aromatic rings. The second-order valence-electron chi connectivity index (χ2n) is 5.52. The number of hydrogen-bond donors (Lipinski definition) is 3. The first-order valence-electron chi connectivity index (χ1n) is 7.92. The zero-order valence-electron chi connectivity index (χ0n) is 13.5. The molecule has 3 N–H and O–H groups in total. The lowest BCUT2D eigenvalue weighted by Gasteiger charge is -2.11. The first-order valence-corrected chi connectivity index (χ1v) is 7.92. The van der Waals surface area contributed by atoms with Crippen molar-refractivity contribution >= 4 is 17.1 Å². The number of carbonyl (C=O) groups is 1. The molecule has 128 valence electrons. The Labute approximate surface area is 143 Å². The highest BCUT2D eigenvalue weighted by molar-refractivity contribution is 5.75. The Morgan fingerprint density at radius 3 is 2.48 bits per heavy atom. The van der Waals surface area contributed by atoms with Gasteiger partial charge in [-0.25, -0.2) is 4.79 Å². The summed E-state index contributed by atoms with van der Waals surface area (Å²) in [7, 11) is 0. The number of hydrogen-bond acceptors (Lipinski definition) is 3. The van der Waals surface area contributed by atoms with Gasteiger partial charge in [-0.2, -0.15) is 0 Å². The summed E-state index contributed by atoms with van der Waals surface area (Å²) in [5, 5.41) is 5.43. The molecule has 1 aromatic heterocycles. The molecular weight excluding hydrogens is 320 g/mol. The van der Waals surface area contributed by atoms with Crippen LogP contribution in [0.3, 0.4) is 0 Å². The minimum Gasteiger partial charge on any atom is -0.336 e. The van der Waals surface area contributed by atoms with Crippen molar-refractivity contribution in [2.45, 2.75) is 13.1 Å². The van der Waals surface area contributed by atoms with Crippen molar-refractivity contribution in [3.63, 3.8) is 0 Å². The molecule has 0 fully saturated rings. The van der Waals surface area contributed by atoms with Gasteiger partial charge in [0.1, 0.15) is 0 Å². The van der Waals surface area contributed by atoms with Crippen LogP contribution >= 0.6 is 0 Å². The second kappa shape index (κ2) is 7.48. The predicted molar refractivity (Wildman–Crippen MR) is 95.5 cm³/mol. The Kier molecular flexibility index (Phi) is 4.94. The van der Waals surface area contributed by atoms with Gasteiger partial charge in [-0.15, -0.1) is 0 Å². The van der Waals surface area contributed by atoms with Gasteiger partial charge in [0.15, 0.2) is 0 Å². The fraction of sp³-hybridized carbons (Fsp3) is 0.167. The van der Waals surface area contributed by atoms with Gasteiger partial charge in [0.2, 0.25) is 0 Å². The molecule has 3 rings (SSSR count). The van der Waals surface area contributed by atoms with Crippen molar-refractivity contribution in [2.24, 2.45) is 0 Å².